The number of benzene rings is 2. The van der Waals surface area contributed by atoms with Gasteiger partial charge in [-0.05, 0) is 24.3 Å². The van der Waals surface area contributed by atoms with Crippen LogP contribution in [-0.2, 0) is 4.79 Å². The first-order valence-electron chi connectivity index (χ1n) is 5.75. The lowest BCUT2D eigenvalue weighted by molar-refractivity contribution is -0.119. The van der Waals surface area contributed by atoms with Crippen LogP contribution in [0, 0.1) is 17.5 Å². The Balaban J connectivity index is 2.43. The van der Waals surface area contributed by atoms with Gasteiger partial charge in [0.2, 0.25) is 5.91 Å². The molecule has 6 heteroatoms. The van der Waals surface area contributed by atoms with E-state index >= 15 is 0 Å². The Morgan fingerprint density at radius 2 is 1.50 bits per heavy atom. The molecule has 3 N–H and O–H groups in total. The number of hydrogen-bond acceptors (Lipinski definition) is 2. The fraction of sp³-hybridized carbons (Fsp3) is 0.0714. The lowest BCUT2D eigenvalue weighted by Crippen LogP contribution is -2.29. The van der Waals surface area contributed by atoms with Crippen LogP contribution in [0.5, 0.6) is 0 Å². The summed E-state index contributed by atoms with van der Waals surface area (Å²) in [5.74, 6) is -3.54. The van der Waals surface area contributed by atoms with Crippen molar-refractivity contribution in [3.8, 4) is 0 Å². The van der Waals surface area contributed by atoms with E-state index in [9.17, 15) is 18.0 Å². The second-order valence-electron chi connectivity index (χ2n) is 4.09. The molecule has 0 aliphatic heterocycles. The number of anilines is 1. The average Bonchev–Trinajstić information content (AvgIpc) is 2.39. The van der Waals surface area contributed by atoms with Crippen LogP contribution in [0.2, 0.25) is 0 Å². The minimum Gasteiger partial charge on any atom is -0.368 e. The Hall–Kier alpha value is -2.50. The van der Waals surface area contributed by atoms with E-state index in [0.717, 1.165) is 24.3 Å². The zero-order valence-corrected chi connectivity index (χ0v) is 10.2. The minimum absolute atomic E-state index is 0.0704. The van der Waals surface area contributed by atoms with Crippen molar-refractivity contribution in [2.75, 3.05) is 5.32 Å². The summed E-state index contributed by atoms with van der Waals surface area (Å²) < 4.78 is 40.9. The van der Waals surface area contributed by atoms with Gasteiger partial charge in [0.1, 0.15) is 23.5 Å². The SMILES string of the molecule is NC(=O)C(Nc1ccccc1F)c1c(F)cccc1F. The van der Waals surface area contributed by atoms with Crippen LogP contribution in [-0.4, -0.2) is 5.91 Å². The minimum atomic E-state index is -1.51. The lowest BCUT2D eigenvalue weighted by atomic mass is 10.0. The molecule has 1 unspecified atom stereocenters. The number of nitrogens with one attached hydrogen (secondary N) is 1. The molecule has 0 aliphatic rings. The van der Waals surface area contributed by atoms with Gasteiger partial charge >= 0.3 is 0 Å². The van der Waals surface area contributed by atoms with Crippen molar-refractivity contribution in [1.29, 1.82) is 0 Å². The molecule has 2 rings (SSSR count). The Morgan fingerprint density at radius 3 is 2.05 bits per heavy atom. The zero-order valence-electron chi connectivity index (χ0n) is 10.2. The van der Waals surface area contributed by atoms with Crippen LogP contribution in [0.1, 0.15) is 11.6 Å². The fourth-order valence-corrected chi connectivity index (χ4v) is 1.81. The van der Waals surface area contributed by atoms with Crippen LogP contribution < -0.4 is 11.1 Å². The molecule has 0 bridgehead atoms. The number of carbonyl (C=O) groups is 1. The smallest absolute Gasteiger partial charge is 0.244 e. The van der Waals surface area contributed by atoms with Gasteiger partial charge in [0.05, 0.1) is 11.3 Å². The van der Waals surface area contributed by atoms with E-state index in [1.165, 1.54) is 18.2 Å². The van der Waals surface area contributed by atoms with Crippen LogP contribution in [0.4, 0.5) is 18.9 Å². The number of carbonyl (C=O) groups excluding carboxylic acids is 1. The molecule has 1 atom stereocenters. The van der Waals surface area contributed by atoms with Gasteiger partial charge in [0, 0.05) is 0 Å². The van der Waals surface area contributed by atoms with Crippen molar-refractivity contribution in [2.24, 2.45) is 5.73 Å². The fourth-order valence-electron chi connectivity index (χ4n) is 1.81. The maximum absolute atomic E-state index is 13.7. The number of hydrogen-bond donors (Lipinski definition) is 2. The zero-order chi connectivity index (χ0) is 14.7. The lowest BCUT2D eigenvalue weighted by Gasteiger charge is -2.18. The Bertz CT molecular complexity index is 626. The van der Waals surface area contributed by atoms with Gasteiger partial charge in [-0.2, -0.15) is 0 Å². The first kappa shape index (κ1) is 13.9. The van der Waals surface area contributed by atoms with Crippen molar-refractivity contribution in [1.82, 2.24) is 0 Å². The van der Waals surface area contributed by atoms with E-state index in [-0.39, 0.29) is 5.69 Å². The summed E-state index contributed by atoms with van der Waals surface area (Å²) in [5.41, 5.74) is 4.54. The van der Waals surface area contributed by atoms with Gasteiger partial charge < -0.3 is 11.1 Å². The number of halogens is 3. The first-order valence-corrected chi connectivity index (χ1v) is 5.75. The van der Waals surface area contributed by atoms with Gasteiger partial charge in [-0.25, -0.2) is 13.2 Å². The molecule has 2 aromatic rings. The van der Waals surface area contributed by atoms with Gasteiger partial charge in [0.25, 0.3) is 0 Å². The van der Waals surface area contributed by atoms with Crippen LogP contribution in [0.15, 0.2) is 42.5 Å². The van der Waals surface area contributed by atoms with Crippen molar-refractivity contribution < 1.29 is 18.0 Å². The monoisotopic (exact) mass is 280 g/mol. The molecule has 104 valence electrons. The van der Waals surface area contributed by atoms with Crippen LogP contribution in [0.3, 0.4) is 0 Å². The molecule has 0 saturated carbocycles. The van der Waals surface area contributed by atoms with Gasteiger partial charge in [-0.15, -0.1) is 0 Å². The predicted molar refractivity (Wildman–Crippen MR) is 68.3 cm³/mol. The van der Waals surface area contributed by atoms with E-state index in [1.807, 2.05) is 0 Å². The normalized spacial score (nSPS) is 11.9. The second kappa shape index (κ2) is 5.64. The number of amides is 1. The Kier molecular flexibility index (Phi) is 3.93. The number of para-hydroxylation sites is 1. The maximum Gasteiger partial charge on any atom is 0.244 e. The third kappa shape index (κ3) is 2.74. The molecule has 0 saturated heterocycles. The maximum atomic E-state index is 13.7. The summed E-state index contributed by atoms with van der Waals surface area (Å²) >= 11 is 0. The number of primary amides is 1. The third-order valence-corrected chi connectivity index (χ3v) is 2.75. The van der Waals surface area contributed by atoms with E-state index < -0.39 is 35.0 Å². The van der Waals surface area contributed by atoms with Gasteiger partial charge in [-0.3, -0.25) is 4.79 Å². The van der Waals surface area contributed by atoms with E-state index in [4.69, 9.17) is 5.73 Å². The first-order chi connectivity index (χ1) is 9.50. The topological polar surface area (TPSA) is 55.1 Å². The molecule has 0 aromatic heterocycles. The highest BCUT2D eigenvalue weighted by molar-refractivity contribution is 5.84. The quantitative estimate of drug-likeness (QED) is 0.904. The van der Waals surface area contributed by atoms with Crippen molar-refractivity contribution in [2.45, 2.75) is 6.04 Å². The molecule has 2 aromatic carbocycles. The molecule has 20 heavy (non-hydrogen) atoms. The highest BCUT2D eigenvalue weighted by Crippen LogP contribution is 2.25. The van der Waals surface area contributed by atoms with Gasteiger partial charge in [-0.1, -0.05) is 18.2 Å². The number of nitrogens with two attached hydrogens (primary N) is 1. The van der Waals surface area contributed by atoms with Crippen LogP contribution in [0.25, 0.3) is 0 Å². The predicted octanol–water partition coefficient (Wildman–Crippen LogP) is 2.74. The molecule has 0 radical (unpaired) electrons. The highest BCUT2D eigenvalue weighted by atomic mass is 19.1. The summed E-state index contributed by atoms with van der Waals surface area (Å²) in [5, 5.41) is 2.42. The summed E-state index contributed by atoms with van der Waals surface area (Å²) in [6.07, 6.45) is 0. The van der Waals surface area contributed by atoms with Crippen molar-refractivity contribution >= 4 is 11.6 Å². The van der Waals surface area contributed by atoms with Gasteiger partial charge in [0.15, 0.2) is 0 Å². The average molecular weight is 280 g/mol. The van der Waals surface area contributed by atoms with E-state index in [1.54, 1.807) is 0 Å². The molecule has 0 heterocycles. The molecule has 0 aliphatic carbocycles. The molecule has 1 amide bonds. The molecular weight excluding hydrogens is 269 g/mol. The molecule has 0 fully saturated rings. The van der Waals surface area contributed by atoms with Crippen molar-refractivity contribution in [3.63, 3.8) is 0 Å². The van der Waals surface area contributed by atoms with E-state index in [2.05, 4.69) is 5.32 Å². The standard InChI is InChI=1S/C14H11F3N2O/c15-8-4-1-2-7-11(8)19-13(14(18)20)12-9(16)5-3-6-10(12)17/h1-7,13,19H,(H2,18,20). The molecular formula is C14H11F3N2O. The van der Waals surface area contributed by atoms with Crippen LogP contribution >= 0.6 is 0 Å². The summed E-state index contributed by atoms with van der Waals surface area (Å²) in [6.45, 7) is 0. The molecule has 3 nitrogen and oxygen atoms in total. The highest BCUT2D eigenvalue weighted by Gasteiger charge is 2.25. The third-order valence-electron chi connectivity index (χ3n) is 2.75. The Labute approximate surface area is 113 Å². The largest absolute Gasteiger partial charge is 0.368 e. The molecule has 0 spiro atoms. The van der Waals surface area contributed by atoms with E-state index in [0.29, 0.717) is 0 Å². The summed E-state index contributed by atoms with van der Waals surface area (Å²) in [7, 11) is 0. The number of rotatable bonds is 4. The summed E-state index contributed by atoms with van der Waals surface area (Å²) in [4.78, 5) is 11.4. The Morgan fingerprint density at radius 1 is 0.950 bits per heavy atom. The second-order valence-corrected chi connectivity index (χ2v) is 4.09. The summed E-state index contributed by atoms with van der Waals surface area (Å²) in [6, 6.07) is 7.10. The van der Waals surface area contributed by atoms with Crippen molar-refractivity contribution in [3.05, 3.63) is 65.5 Å².